The minimum Gasteiger partial charge on any atom is -0.492 e. The molecule has 86 valence electrons. The lowest BCUT2D eigenvalue weighted by Gasteiger charge is -2.20. The first kappa shape index (κ1) is 11.7. The summed E-state index contributed by atoms with van der Waals surface area (Å²) in [6.07, 6.45) is -0.0394. The van der Waals surface area contributed by atoms with E-state index in [1.54, 1.807) is 0 Å². The number of rotatable bonds is 4. The molecule has 2 heteroatoms. The van der Waals surface area contributed by atoms with Gasteiger partial charge < -0.3 is 4.74 Å². The van der Waals surface area contributed by atoms with Gasteiger partial charge in [0.1, 0.15) is 6.10 Å². The zero-order valence-corrected chi connectivity index (χ0v) is 12.0. The summed E-state index contributed by atoms with van der Waals surface area (Å²) < 4.78 is 5.89. The van der Waals surface area contributed by atoms with Crippen LogP contribution >= 0.6 is 0 Å². The third kappa shape index (κ3) is 3.08. The van der Waals surface area contributed by atoms with Gasteiger partial charge in [-0.3, -0.25) is 0 Å². The molecule has 0 aromatic heterocycles. The Morgan fingerprint density at radius 1 is 0.882 bits per heavy atom. The highest BCUT2D eigenvalue weighted by atomic mass is 28.1. The SMILES string of the molecule is C=C([SiH3])OC(c1ccccc1)c1ccccc1. The van der Waals surface area contributed by atoms with Crippen LogP contribution in [0.25, 0.3) is 0 Å². The summed E-state index contributed by atoms with van der Waals surface area (Å²) in [4.78, 5) is 0. The van der Waals surface area contributed by atoms with Crippen molar-refractivity contribution in [3.63, 3.8) is 0 Å². The van der Waals surface area contributed by atoms with Crippen molar-refractivity contribution in [2.75, 3.05) is 0 Å². The van der Waals surface area contributed by atoms with E-state index >= 15 is 0 Å². The average molecular weight is 240 g/mol. The Bertz CT molecular complexity index is 439. The molecule has 0 N–H and O–H groups in total. The van der Waals surface area contributed by atoms with E-state index in [9.17, 15) is 0 Å². The summed E-state index contributed by atoms with van der Waals surface area (Å²) in [5.41, 5.74) is 2.33. The van der Waals surface area contributed by atoms with E-state index in [1.165, 1.54) is 0 Å². The fourth-order valence-corrected chi connectivity index (χ4v) is 2.02. The Balaban J connectivity index is 2.36. The number of hydrogen-bond donors (Lipinski definition) is 0. The first-order chi connectivity index (χ1) is 8.27. The molecule has 17 heavy (non-hydrogen) atoms. The first-order valence-corrected chi connectivity index (χ1v) is 6.69. The average Bonchev–Trinajstić information content (AvgIpc) is 2.38. The maximum Gasteiger partial charge on any atom is 0.148 e. The van der Waals surface area contributed by atoms with Crippen LogP contribution in [0.5, 0.6) is 0 Å². The van der Waals surface area contributed by atoms with Crippen LogP contribution in [0.2, 0.25) is 0 Å². The van der Waals surface area contributed by atoms with Crippen LogP contribution in [0.1, 0.15) is 17.2 Å². The summed E-state index contributed by atoms with van der Waals surface area (Å²) in [6.45, 7) is 3.89. The Hall–Kier alpha value is -1.80. The zero-order chi connectivity index (χ0) is 12.1. The number of hydrogen-bond acceptors (Lipinski definition) is 1. The maximum atomic E-state index is 5.89. The fraction of sp³-hybridized carbons (Fsp3) is 0.0667. The number of benzene rings is 2. The van der Waals surface area contributed by atoms with Crippen LogP contribution in [-0.2, 0) is 4.74 Å². The second-order valence-corrected chi connectivity index (χ2v) is 5.14. The van der Waals surface area contributed by atoms with Gasteiger partial charge >= 0.3 is 0 Å². The van der Waals surface area contributed by atoms with E-state index in [1.807, 2.05) is 36.4 Å². The van der Waals surface area contributed by atoms with E-state index in [2.05, 4.69) is 30.8 Å². The van der Waals surface area contributed by atoms with E-state index in [0.29, 0.717) is 0 Å². The number of ether oxygens (including phenoxy) is 1. The summed E-state index contributed by atoms with van der Waals surface area (Å²) in [6, 6.07) is 20.5. The summed E-state index contributed by atoms with van der Waals surface area (Å²) in [7, 11) is 0.852. The van der Waals surface area contributed by atoms with Gasteiger partial charge in [-0.1, -0.05) is 67.2 Å². The van der Waals surface area contributed by atoms with E-state index < -0.39 is 0 Å². The molecular weight excluding hydrogens is 224 g/mol. The molecule has 0 fully saturated rings. The molecule has 0 amide bonds. The van der Waals surface area contributed by atoms with Gasteiger partial charge in [-0.05, 0) is 11.1 Å². The van der Waals surface area contributed by atoms with Crippen LogP contribution in [0.3, 0.4) is 0 Å². The standard InChI is InChI=1S/C15H16OSi/c1-12(17)16-15(13-8-4-2-5-9-13)14-10-6-3-7-11-14/h2-11,15H,1H2,17H3. The Labute approximate surface area is 105 Å². The molecule has 0 heterocycles. The van der Waals surface area contributed by atoms with Crippen molar-refractivity contribution >= 4 is 10.2 Å². The van der Waals surface area contributed by atoms with Crippen molar-refractivity contribution in [3.05, 3.63) is 83.8 Å². The van der Waals surface area contributed by atoms with Gasteiger partial charge in [-0.15, -0.1) is 0 Å². The van der Waals surface area contributed by atoms with Crippen molar-refractivity contribution < 1.29 is 4.74 Å². The normalized spacial score (nSPS) is 10.4. The van der Waals surface area contributed by atoms with E-state index in [0.717, 1.165) is 26.8 Å². The molecule has 0 saturated heterocycles. The molecule has 1 nitrogen and oxygen atoms in total. The molecule has 0 aliphatic rings. The molecule has 0 atom stereocenters. The van der Waals surface area contributed by atoms with Crippen molar-refractivity contribution in [1.82, 2.24) is 0 Å². The predicted octanol–water partition coefficient (Wildman–Crippen LogP) is 2.63. The lowest BCUT2D eigenvalue weighted by molar-refractivity contribution is 0.172. The largest absolute Gasteiger partial charge is 0.492 e. The van der Waals surface area contributed by atoms with Gasteiger partial charge in [0.2, 0.25) is 0 Å². The third-order valence-corrected chi connectivity index (χ3v) is 2.76. The van der Waals surface area contributed by atoms with Crippen LogP contribution in [0.15, 0.2) is 72.6 Å². The van der Waals surface area contributed by atoms with Crippen molar-refractivity contribution in [3.8, 4) is 0 Å². The highest BCUT2D eigenvalue weighted by Crippen LogP contribution is 2.26. The lowest BCUT2D eigenvalue weighted by Crippen LogP contribution is -2.05. The van der Waals surface area contributed by atoms with E-state index in [-0.39, 0.29) is 6.10 Å². The topological polar surface area (TPSA) is 9.23 Å². The van der Waals surface area contributed by atoms with Crippen molar-refractivity contribution in [1.29, 1.82) is 0 Å². The molecule has 2 aromatic rings. The van der Waals surface area contributed by atoms with Gasteiger partial charge in [-0.2, -0.15) is 0 Å². The smallest absolute Gasteiger partial charge is 0.148 e. The highest BCUT2D eigenvalue weighted by molar-refractivity contribution is 6.19. The Morgan fingerprint density at radius 2 is 1.29 bits per heavy atom. The highest BCUT2D eigenvalue weighted by Gasteiger charge is 2.14. The predicted molar refractivity (Wildman–Crippen MR) is 74.9 cm³/mol. The quantitative estimate of drug-likeness (QED) is 0.590. The third-order valence-electron chi connectivity index (χ3n) is 2.52. The van der Waals surface area contributed by atoms with Crippen LogP contribution in [0.4, 0.5) is 0 Å². The Morgan fingerprint density at radius 3 is 1.65 bits per heavy atom. The van der Waals surface area contributed by atoms with Crippen molar-refractivity contribution in [2.24, 2.45) is 0 Å². The van der Waals surface area contributed by atoms with Crippen LogP contribution in [-0.4, -0.2) is 10.2 Å². The second-order valence-electron chi connectivity index (χ2n) is 4.02. The van der Waals surface area contributed by atoms with Gasteiger partial charge in [0.05, 0.1) is 15.6 Å². The molecule has 2 aromatic carbocycles. The second kappa shape index (κ2) is 5.50. The molecule has 0 unspecified atom stereocenters. The monoisotopic (exact) mass is 240 g/mol. The van der Waals surface area contributed by atoms with E-state index in [4.69, 9.17) is 4.74 Å². The van der Waals surface area contributed by atoms with Gasteiger partial charge in [-0.25, -0.2) is 0 Å². The fourth-order valence-electron chi connectivity index (χ4n) is 1.79. The molecule has 0 bridgehead atoms. The molecule has 0 saturated carbocycles. The molecular formula is C15H16OSi. The summed E-state index contributed by atoms with van der Waals surface area (Å²) in [5, 5.41) is 0.864. The van der Waals surface area contributed by atoms with Gasteiger partial charge in [0.25, 0.3) is 0 Å². The van der Waals surface area contributed by atoms with Crippen LogP contribution < -0.4 is 0 Å². The molecule has 0 aliphatic heterocycles. The molecule has 0 aliphatic carbocycles. The minimum atomic E-state index is -0.0394. The first-order valence-electron chi connectivity index (χ1n) is 5.69. The van der Waals surface area contributed by atoms with Crippen LogP contribution in [0, 0.1) is 0 Å². The summed E-state index contributed by atoms with van der Waals surface area (Å²) in [5.74, 6) is 0. The van der Waals surface area contributed by atoms with Gasteiger partial charge in [0.15, 0.2) is 0 Å². The lowest BCUT2D eigenvalue weighted by atomic mass is 10.0. The molecule has 2 rings (SSSR count). The van der Waals surface area contributed by atoms with Gasteiger partial charge in [0, 0.05) is 0 Å². The van der Waals surface area contributed by atoms with Crippen molar-refractivity contribution in [2.45, 2.75) is 6.10 Å². The summed E-state index contributed by atoms with van der Waals surface area (Å²) >= 11 is 0. The maximum absolute atomic E-state index is 5.89. The molecule has 0 radical (unpaired) electrons. The Kier molecular flexibility index (Phi) is 3.78. The zero-order valence-electron chi connectivity index (χ0n) is 9.97. The minimum absolute atomic E-state index is 0.0394. The molecule has 0 spiro atoms.